The molecule has 0 fully saturated rings. The summed E-state index contributed by atoms with van der Waals surface area (Å²) in [5, 5.41) is 5.53. The molecule has 2 N–H and O–H groups in total. The monoisotopic (exact) mass is 248 g/mol. The number of rotatable bonds is 7. The predicted molar refractivity (Wildman–Crippen MR) is 70.8 cm³/mol. The molecule has 0 bridgehead atoms. The molecule has 0 aliphatic rings. The Morgan fingerprint density at radius 2 is 1.67 bits per heavy atom. The SMILES string of the molecule is CCCC(=O)NCCC(=O)NCc1ccccc1. The minimum atomic E-state index is -0.0457. The highest BCUT2D eigenvalue weighted by Crippen LogP contribution is 1.97. The molecule has 0 unspecified atom stereocenters. The van der Waals surface area contributed by atoms with Crippen LogP contribution in [-0.2, 0) is 16.1 Å². The normalized spacial score (nSPS) is 9.83. The maximum atomic E-state index is 11.5. The van der Waals surface area contributed by atoms with Gasteiger partial charge in [0, 0.05) is 25.9 Å². The van der Waals surface area contributed by atoms with E-state index in [0.717, 1.165) is 12.0 Å². The zero-order valence-corrected chi connectivity index (χ0v) is 10.7. The van der Waals surface area contributed by atoms with Gasteiger partial charge in [0.25, 0.3) is 0 Å². The Hall–Kier alpha value is -1.84. The van der Waals surface area contributed by atoms with Crippen LogP contribution in [0.15, 0.2) is 30.3 Å². The van der Waals surface area contributed by atoms with E-state index >= 15 is 0 Å². The summed E-state index contributed by atoms with van der Waals surface area (Å²) in [6.45, 7) is 2.88. The largest absolute Gasteiger partial charge is 0.356 e. The fourth-order valence-corrected chi connectivity index (χ4v) is 1.52. The Morgan fingerprint density at radius 1 is 1.00 bits per heavy atom. The molecule has 4 nitrogen and oxygen atoms in total. The molecule has 18 heavy (non-hydrogen) atoms. The summed E-state index contributed by atoms with van der Waals surface area (Å²) < 4.78 is 0. The van der Waals surface area contributed by atoms with Crippen LogP contribution < -0.4 is 10.6 Å². The lowest BCUT2D eigenvalue weighted by Crippen LogP contribution is -2.30. The number of hydrogen-bond acceptors (Lipinski definition) is 2. The Balaban J connectivity index is 2.13. The van der Waals surface area contributed by atoms with Crippen molar-refractivity contribution in [3.8, 4) is 0 Å². The second-order valence-corrected chi connectivity index (χ2v) is 4.11. The molecule has 0 atom stereocenters. The van der Waals surface area contributed by atoms with Crippen LogP contribution in [0.2, 0.25) is 0 Å². The molecule has 1 aromatic carbocycles. The molecule has 0 heterocycles. The highest BCUT2D eigenvalue weighted by atomic mass is 16.2. The molecule has 2 amide bonds. The Labute approximate surface area is 108 Å². The van der Waals surface area contributed by atoms with Crippen molar-refractivity contribution in [1.82, 2.24) is 10.6 Å². The lowest BCUT2D eigenvalue weighted by molar-refractivity contribution is -0.122. The number of carbonyl (C=O) groups is 2. The second kappa shape index (κ2) is 8.28. The number of amides is 2. The highest BCUT2D eigenvalue weighted by molar-refractivity contribution is 5.78. The molecule has 1 rings (SSSR count). The molecule has 0 saturated carbocycles. The van der Waals surface area contributed by atoms with Crippen molar-refractivity contribution in [3.63, 3.8) is 0 Å². The topological polar surface area (TPSA) is 58.2 Å². The van der Waals surface area contributed by atoms with Gasteiger partial charge < -0.3 is 10.6 Å². The van der Waals surface area contributed by atoms with Crippen molar-refractivity contribution in [2.75, 3.05) is 6.54 Å². The van der Waals surface area contributed by atoms with E-state index in [1.54, 1.807) is 0 Å². The van der Waals surface area contributed by atoms with Crippen LogP contribution in [0.4, 0.5) is 0 Å². The number of carbonyl (C=O) groups excluding carboxylic acids is 2. The highest BCUT2D eigenvalue weighted by Gasteiger charge is 2.03. The average Bonchev–Trinajstić information content (AvgIpc) is 2.38. The van der Waals surface area contributed by atoms with Crippen LogP contribution in [-0.4, -0.2) is 18.4 Å². The molecule has 0 aromatic heterocycles. The number of hydrogen-bond donors (Lipinski definition) is 2. The fraction of sp³-hybridized carbons (Fsp3) is 0.429. The van der Waals surface area contributed by atoms with Gasteiger partial charge in [-0.05, 0) is 12.0 Å². The maximum absolute atomic E-state index is 11.5. The van der Waals surface area contributed by atoms with Gasteiger partial charge in [-0.2, -0.15) is 0 Å². The third-order valence-electron chi connectivity index (χ3n) is 2.48. The van der Waals surface area contributed by atoms with E-state index in [2.05, 4.69) is 10.6 Å². The molecular formula is C14H20N2O2. The van der Waals surface area contributed by atoms with Gasteiger partial charge in [0.05, 0.1) is 0 Å². The van der Waals surface area contributed by atoms with Crippen LogP contribution >= 0.6 is 0 Å². The zero-order chi connectivity index (χ0) is 13.2. The third kappa shape index (κ3) is 6.03. The van der Waals surface area contributed by atoms with Crippen LogP contribution in [0.5, 0.6) is 0 Å². The lowest BCUT2D eigenvalue weighted by atomic mass is 10.2. The van der Waals surface area contributed by atoms with Crippen molar-refractivity contribution < 1.29 is 9.59 Å². The third-order valence-corrected chi connectivity index (χ3v) is 2.48. The van der Waals surface area contributed by atoms with Crippen molar-refractivity contribution in [3.05, 3.63) is 35.9 Å². The number of benzene rings is 1. The Kier molecular flexibility index (Phi) is 6.54. The van der Waals surface area contributed by atoms with Gasteiger partial charge in [-0.15, -0.1) is 0 Å². The minimum Gasteiger partial charge on any atom is -0.356 e. The number of nitrogens with one attached hydrogen (secondary N) is 2. The lowest BCUT2D eigenvalue weighted by Gasteiger charge is -2.06. The first-order valence-electron chi connectivity index (χ1n) is 6.29. The van der Waals surface area contributed by atoms with E-state index < -0.39 is 0 Å². The average molecular weight is 248 g/mol. The van der Waals surface area contributed by atoms with E-state index in [4.69, 9.17) is 0 Å². The fourth-order valence-electron chi connectivity index (χ4n) is 1.52. The molecule has 1 aromatic rings. The van der Waals surface area contributed by atoms with Crippen molar-refractivity contribution in [2.24, 2.45) is 0 Å². The minimum absolute atomic E-state index is 0.00774. The van der Waals surface area contributed by atoms with Gasteiger partial charge in [0.2, 0.25) is 11.8 Å². The molecular weight excluding hydrogens is 228 g/mol. The summed E-state index contributed by atoms with van der Waals surface area (Å²) in [5.74, 6) is -0.0380. The summed E-state index contributed by atoms with van der Waals surface area (Å²) in [6, 6.07) is 9.74. The standard InChI is InChI=1S/C14H20N2O2/c1-2-6-13(17)15-10-9-14(18)16-11-12-7-4-3-5-8-12/h3-5,7-8H,2,6,9-11H2,1H3,(H,15,17)(H,16,18). The van der Waals surface area contributed by atoms with Crippen LogP contribution in [0.1, 0.15) is 31.7 Å². The predicted octanol–water partition coefficient (Wildman–Crippen LogP) is 1.61. The summed E-state index contributed by atoms with van der Waals surface area (Å²) in [4.78, 5) is 22.7. The van der Waals surface area contributed by atoms with Gasteiger partial charge in [-0.1, -0.05) is 37.3 Å². The molecule has 0 saturated heterocycles. The molecule has 0 radical (unpaired) electrons. The van der Waals surface area contributed by atoms with Gasteiger partial charge in [0.1, 0.15) is 0 Å². The molecule has 98 valence electrons. The first-order valence-corrected chi connectivity index (χ1v) is 6.29. The zero-order valence-electron chi connectivity index (χ0n) is 10.7. The maximum Gasteiger partial charge on any atom is 0.222 e. The van der Waals surface area contributed by atoms with Crippen molar-refractivity contribution in [2.45, 2.75) is 32.7 Å². The van der Waals surface area contributed by atoms with Gasteiger partial charge in [0.15, 0.2) is 0 Å². The molecule has 0 aliphatic carbocycles. The van der Waals surface area contributed by atoms with Gasteiger partial charge in [-0.25, -0.2) is 0 Å². The van der Waals surface area contributed by atoms with Crippen LogP contribution in [0, 0.1) is 0 Å². The summed E-state index contributed by atoms with van der Waals surface area (Å²) >= 11 is 0. The van der Waals surface area contributed by atoms with Crippen LogP contribution in [0.3, 0.4) is 0 Å². The van der Waals surface area contributed by atoms with Crippen molar-refractivity contribution in [1.29, 1.82) is 0 Å². The first-order chi connectivity index (χ1) is 8.72. The molecule has 0 spiro atoms. The van der Waals surface area contributed by atoms with Crippen molar-refractivity contribution >= 4 is 11.8 Å². The quantitative estimate of drug-likeness (QED) is 0.770. The van der Waals surface area contributed by atoms with Crippen LogP contribution in [0.25, 0.3) is 0 Å². The summed E-state index contributed by atoms with van der Waals surface area (Å²) in [6.07, 6.45) is 1.67. The Morgan fingerprint density at radius 3 is 2.33 bits per heavy atom. The van der Waals surface area contributed by atoms with E-state index in [1.807, 2.05) is 37.3 Å². The van der Waals surface area contributed by atoms with Gasteiger partial charge >= 0.3 is 0 Å². The van der Waals surface area contributed by atoms with E-state index in [9.17, 15) is 9.59 Å². The van der Waals surface area contributed by atoms with E-state index in [0.29, 0.717) is 25.9 Å². The summed E-state index contributed by atoms with van der Waals surface area (Å²) in [7, 11) is 0. The van der Waals surface area contributed by atoms with E-state index in [-0.39, 0.29) is 11.8 Å². The van der Waals surface area contributed by atoms with E-state index in [1.165, 1.54) is 0 Å². The first kappa shape index (κ1) is 14.2. The molecule has 0 aliphatic heterocycles. The smallest absolute Gasteiger partial charge is 0.222 e. The molecule has 4 heteroatoms. The second-order valence-electron chi connectivity index (χ2n) is 4.11. The summed E-state index contributed by atoms with van der Waals surface area (Å²) in [5.41, 5.74) is 1.07. The van der Waals surface area contributed by atoms with Gasteiger partial charge in [-0.3, -0.25) is 9.59 Å². The Bertz CT molecular complexity index is 377.